The number of thioether (sulfide) groups is 1. The first-order chi connectivity index (χ1) is 6.13. The summed E-state index contributed by atoms with van der Waals surface area (Å²) in [5, 5.41) is 10.2. The third-order valence-electron chi connectivity index (χ3n) is 1.82. The molecule has 1 aliphatic heterocycles. The Morgan fingerprint density at radius 1 is 1.69 bits per heavy atom. The summed E-state index contributed by atoms with van der Waals surface area (Å²) >= 11 is 1.49. The van der Waals surface area contributed by atoms with Crippen molar-refractivity contribution in [2.45, 2.75) is 17.8 Å². The van der Waals surface area contributed by atoms with Gasteiger partial charge in [0, 0.05) is 0 Å². The predicted molar refractivity (Wildman–Crippen MR) is 46.2 cm³/mol. The molecule has 0 aromatic rings. The summed E-state index contributed by atoms with van der Waals surface area (Å²) < 4.78 is 4.56. The maximum atomic E-state index is 11.0. The molecule has 0 aromatic carbocycles. The molecule has 74 valence electrons. The Balaban J connectivity index is 2.36. The third-order valence-corrected chi connectivity index (χ3v) is 3.12. The summed E-state index contributed by atoms with van der Waals surface area (Å²) in [4.78, 5) is 21.4. The van der Waals surface area contributed by atoms with Gasteiger partial charge in [-0.1, -0.05) is 11.8 Å². The van der Waals surface area contributed by atoms with E-state index < -0.39 is 5.97 Å². The SMILES string of the molecule is COC(=O)[C@H]1CS[C@H](CC(=O)O)[NH2+]1. The predicted octanol–water partition coefficient (Wildman–Crippen LogP) is -1.36. The molecule has 1 aliphatic rings. The maximum absolute atomic E-state index is 11.0. The van der Waals surface area contributed by atoms with Crippen molar-refractivity contribution in [2.24, 2.45) is 0 Å². The highest BCUT2D eigenvalue weighted by Gasteiger charge is 2.35. The minimum Gasteiger partial charge on any atom is -0.481 e. The first-order valence-corrected chi connectivity index (χ1v) is 4.94. The highest BCUT2D eigenvalue weighted by atomic mass is 32.2. The Kier molecular flexibility index (Phi) is 3.56. The second-order valence-electron chi connectivity index (χ2n) is 2.79. The van der Waals surface area contributed by atoms with E-state index in [2.05, 4.69) is 4.74 Å². The molecule has 0 bridgehead atoms. The summed E-state index contributed by atoms with van der Waals surface area (Å²) in [6, 6.07) is -0.237. The monoisotopic (exact) mass is 206 g/mol. The van der Waals surface area contributed by atoms with Crippen molar-refractivity contribution in [1.82, 2.24) is 0 Å². The molecule has 0 aliphatic carbocycles. The average Bonchev–Trinajstić information content (AvgIpc) is 2.50. The number of carboxylic acids is 1. The van der Waals surface area contributed by atoms with E-state index in [4.69, 9.17) is 5.11 Å². The van der Waals surface area contributed by atoms with Gasteiger partial charge in [-0.15, -0.1) is 0 Å². The topological polar surface area (TPSA) is 80.2 Å². The number of quaternary nitrogens is 1. The van der Waals surface area contributed by atoms with Gasteiger partial charge in [0.25, 0.3) is 0 Å². The number of carboxylic acid groups (broad SMARTS) is 1. The molecule has 0 amide bonds. The molecule has 13 heavy (non-hydrogen) atoms. The van der Waals surface area contributed by atoms with E-state index in [0.29, 0.717) is 5.75 Å². The lowest BCUT2D eigenvalue weighted by atomic mass is 10.3. The summed E-state index contributed by atoms with van der Waals surface area (Å²) in [6.07, 6.45) is 0.0815. The molecule has 1 saturated heterocycles. The first-order valence-electron chi connectivity index (χ1n) is 3.89. The molecule has 1 rings (SSSR count). The quantitative estimate of drug-likeness (QED) is 0.557. The van der Waals surface area contributed by atoms with Crippen LogP contribution in [0.15, 0.2) is 0 Å². The van der Waals surface area contributed by atoms with E-state index in [9.17, 15) is 9.59 Å². The number of methoxy groups -OCH3 is 1. The third kappa shape index (κ3) is 2.89. The van der Waals surface area contributed by atoms with Crippen molar-refractivity contribution in [2.75, 3.05) is 12.9 Å². The summed E-state index contributed by atoms with van der Waals surface area (Å²) in [5.74, 6) is -0.482. The highest BCUT2D eigenvalue weighted by Crippen LogP contribution is 2.15. The second kappa shape index (κ2) is 4.48. The standard InChI is InChI=1S/C7H11NO4S/c1-12-7(11)4-3-13-5(8-4)2-6(9)10/h4-5,8H,2-3H2,1H3,(H,9,10)/p+1/t4-,5-/m1/s1. The van der Waals surface area contributed by atoms with Crippen LogP contribution in [0, 0.1) is 0 Å². The minimum atomic E-state index is -0.834. The van der Waals surface area contributed by atoms with Gasteiger partial charge in [-0.3, -0.25) is 4.79 Å². The largest absolute Gasteiger partial charge is 0.481 e. The molecule has 0 saturated carbocycles. The Morgan fingerprint density at radius 2 is 2.38 bits per heavy atom. The molecule has 1 fully saturated rings. The van der Waals surface area contributed by atoms with Gasteiger partial charge in [0.1, 0.15) is 11.8 Å². The number of nitrogens with two attached hydrogens (primary N) is 1. The maximum Gasteiger partial charge on any atom is 0.365 e. The van der Waals surface area contributed by atoms with E-state index in [1.165, 1.54) is 18.9 Å². The average molecular weight is 206 g/mol. The zero-order valence-electron chi connectivity index (χ0n) is 7.23. The number of carbonyl (C=O) groups is 2. The summed E-state index contributed by atoms with van der Waals surface area (Å²) in [5.41, 5.74) is 0. The van der Waals surface area contributed by atoms with Crippen LogP contribution in [0.2, 0.25) is 0 Å². The van der Waals surface area contributed by atoms with Gasteiger partial charge >= 0.3 is 11.9 Å². The molecular formula is C7H12NO4S+. The Hall–Kier alpha value is -0.750. The van der Waals surface area contributed by atoms with Crippen LogP contribution in [0.3, 0.4) is 0 Å². The van der Waals surface area contributed by atoms with E-state index in [-0.39, 0.29) is 23.8 Å². The molecule has 6 heteroatoms. The molecule has 5 nitrogen and oxygen atoms in total. The van der Waals surface area contributed by atoms with Gasteiger partial charge in [0.15, 0.2) is 6.04 Å². The van der Waals surface area contributed by atoms with E-state index >= 15 is 0 Å². The number of aliphatic carboxylic acids is 1. The van der Waals surface area contributed by atoms with Gasteiger partial charge in [0.05, 0.1) is 12.9 Å². The fraction of sp³-hybridized carbons (Fsp3) is 0.714. The van der Waals surface area contributed by atoms with Crippen molar-refractivity contribution >= 4 is 23.7 Å². The molecular weight excluding hydrogens is 194 g/mol. The van der Waals surface area contributed by atoms with Crippen LogP contribution in [-0.2, 0) is 14.3 Å². The molecule has 1 heterocycles. The van der Waals surface area contributed by atoms with Crippen molar-refractivity contribution in [3.8, 4) is 0 Å². The molecule has 0 aromatic heterocycles. The lowest BCUT2D eigenvalue weighted by Gasteiger charge is -2.05. The van der Waals surface area contributed by atoms with Gasteiger partial charge in [-0.2, -0.15) is 0 Å². The van der Waals surface area contributed by atoms with Gasteiger partial charge in [-0.25, -0.2) is 4.79 Å². The van der Waals surface area contributed by atoms with Gasteiger partial charge in [-0.05, 0) is 0 Å². The first kappa shape index (κ1) is 10.3. The molecule has 2 atom stereocenters. The van der Waals surface area contributed by atoms with Crippen molar-refractivity contribution < 1.29 is 24.7 Å². The van der Waals surface area contributed by atoms with E-state index in [1.54, 1.807) is 5.32 Å². The van der Waals surface area contributed by atoms with Crippen LogP contribution in [0.1, 0.15) is 6.42 Å². The second-order valence-corrected chi connectivity index (χ2v) is 4.06. The number of hydrogen-bond acceptors (Lipinski definition) is 4. The van der Waals surface area contributed by atoms with Crippen LogP contribution < -0.4 is 5.32 Å². The number of hydrogen-bond donors (Lipinski definition) is 2. The van der Waals surface area contributed by atoms with Crippen LogP contribution >= 0.6 is 11.8 Å². The zero-order valence-corrected chi connectivity index (χ0v) is 8.04. The number of rotatable bonds is 3. The van der Waals surface area contributed by atoms with Crippen molar-refractivity contribution in [1.29, 1.82) is 0 Å². The van der Waals surface area contributed by atoms with Crippen molar-refractivity contribution in [3.63, 3.8) is 0 Å². The minimum absolute atomic E-state index is 0.0541. The van der Waals surface area contributed by atoms with E-state index in [0.717, 1.165) is 0 Å². The number of carbonyl (C=O) groups excluding carboxylic acids is 1. The van der Waals surface area contributed by atoms with Gasteiger partial charge in [0.2, 0.25) is 0 Å². The fourth-order valence-corrected chi connectivity index (χ4v) is 2.46. The van der Waals surface area contributed by atoms with Crippen LogP contribution in [0.5, 0.6) is 0 Å². The lowest BCUT2D eigenvalue weighted by molar-refractivity contribution is -0.678. The van der Waals surface area contributed by atoms with E-state index in [1.807, 2.05) is 0 Å². The summed E-state index contributed by atoms with van der Waals surface area (Å²) in [7, 11) is 1.34. The smallest absolute Gasteiger partial charge is 0.365 e. The Bertz CT molecular complexity index is 221. The molecule has 0 spiro atoms. The molecule has 3 N–H and O–H groups in total. The number of ether oxygens (including phenoxy) is 1. The highest BCUT2D eigenvalue weighted by molar-refractivity contribution is 7.99. The molecule has 0 unspecified atom stereocenters. The Labute approximate surface area is 79.8 Å². The zero-order chi connectivity index (χ0) is 9.84. The van der Waals surface area contributed by atoms with Crippen molar-refractivity contribution in [3.05, 3.63) is 0 Å². The van der Waals surface area contributed by atoms with Crippen LogP contribution in [0.25, 0.3) is 0 Å². The van der Waals surface area contributed by atoms with Crippen LogP contribution in [0.4, 0.5) is 0 Å². The molecule has 0 radical (unpaired) electrons. The van der Waals surface area contributed by atoms with Crippen LogP contribution in [-0.4, -0.2) is 41.3 Å². The fourth-order valence-electron chi connectivity index (χ4n) is 1.19. The Morgan fingerprint density at radius 3 is 2.92 bits per heavy atom. The summed E-state index contributed by atoms with van der Waals surface area (Å²) in [6.45, 7) is 0. The van der Waals surface area contributed by atoms with Gasteiger partial charge < -0.3 is 15.2 Å². The lowest BCUT2D eigenvalue weighted by Crippen LogP contribution is -2.93. The number of esters is 1. The normalized spacial score (nSPS) is 27.2.